The van der Waals surface area contributed by atoms with E-state index in [9.17, 15) is 4.79 Å². The smallest absolute Gasteiger partial charge is 0.239 e. The van der Waals surface area contributed by atoms with Crippen molar-refractivity contribution in [3.63, 3.8) is 0 Å². The van der Waals surface area contributed by atoms with Crippen LogP contribution in [0.15, 0.2) is 30.3 Å². The Hall–Kier alpha value is -1.39. The second-order valence-electron chi connectivity index (χ2n) is 7.33. The van der Waals surface area contributed by atoms with Crippen LogP contribution in [-0.2, 0) is 11.3 Å². The van der Waals surface area contributed by atoms with Gasteiger partial charge < -0.3 is 10.6 Å². The van der Waals surface area contributed by atoms with Crippen molar-refractivity contribution in [1.82, 2.24) is 9.80 Å². The van der Waals surface area contributed by atoms with E-state index in [0.717, 1.165) is 39.0 Å². The summed E-state index contributed by atoms with van der Waals surface area (Å²) in [4.78, 5) is 16.6. The Bertz CT molecular complexity index is 489. The topological polar surface area (TPSA) is 49.6 Å². The number of likely N-dealkylation sites (N-methyl/N-ethyl adjacent to an activating group) is 1. The predicted octanol–water partition coefficient (Wildman–Crippen LogP) is 2.34. The van der Waals surface area contributed by atoms with Crippen molar-refractivity contribution in [3.05, 3.63) is 35.9 Å². The molecule has 2 rings (SSSR count). The number of carbonyl (C=O) groups excluding carboxylic acids is 1. The molecule has 0 saturated carbocycles. The second-order valence-corrected chi connectivity index (χ2v) is 7.33. The van der Waals surface area contributed by atoms with Crippen molar-refractivity contribution < 1.29 is 4.79 Å². The molecule has 4 nitrogen and oxygen atoms in total. The lowest BCUT2D eigenvalue weighted by molar-refractivity contribution is -0.132. The summed E-state index contributed by atoms with van der Waals surface area (Å²) in [5, 5.41) is 0. The molecule has 1 fully saturated rings. The minimum atomic E-state index is -0.359. The van der Waals surface area contributed by atoms with Crippen LogP contribution in [0.25, 0.3) is 0 Å². The van der Waals surface area contributed by atoms with E-state index in [2.05, 4.69) is 49.1 Å². The lowest BCUT2D eigenvalue weighted by Gasteiger charge is -2.25. The van der Waals surface area contributed by atoms with Crippen LogP contribution in [0, 0.1) is 11.8 Å². The molecule has 2 N–H and O–H groups in total. The number of carbonyl (C=O) groups is 1. The van der Waals surface area contributed by atoms with Crippen LogP contribution in [0.5, 0.6) is 0 Å². The van der Waals surface area contributed by atoms with Gasteiger partial charge in [0.2, 0.25) is 5.91 Å². The maximum atomic E-state index is 12.3. The fourth-order valence-electron chi connectivity index (χ4n) is 3.42. The standard InChI is InChI=1S/C19H31N3O/c1-15(2)11-18(20)19(23)21(3)12-17-9-10-22(14-17)13-16-7-5-4-6-8-16/h4-8,15,17-18H,9-14,20H2,1-3H3/t17?,18-/m0/s1. The molecule has 1 unspecified atom stereocenters. The summed E-state index contributed by atoms with van der Waals surface area (Å²) in [7, 11) is 1.89. The molecule has 2 atom stereocenters. The molecule has 0 aliphatic carbocycles. The molecule has 1 aromatic rings. The number of hydrogen-bond donors (Lipinski definition) is 1. The normalized spacial score (nSPS) is 20.0. The highest BCUT2D eigenvalue weighted by Gasteiger charge is 2.26. The summed E-state index contributed by atoms with van der Waals surface area (Å²) in [5.74, 6) is 1.09. The summed E-state index contributed by atoms with van der Waals surface area (Å²) >= 11 is 0. The third kappa shape index (κ3) is 5.63. The zero-order valence-electron chi connectivity index (χ0n) is 14.7. The molecule has 4 heteroatoms. The van der Waals surface area contributed by atoms with E-state index in [1.54, 1.807) is 0 Å². The van der Waals surface area contributed by atoms with Gasteiger partial charge in [0.15, 0.2) is 0 Å². The van der Waals surface area contributed by atoms with Crippen molar-refractivity contribution in [2.75, 3.05) is 26.7 Å². The average molecular weight is 317 g/mol. The molecule has 0 aromatic heterocycles. The Morgan fingerprint density at radius 2 is 2.04 bits per heavy atom. The quantitative estimate of drug-likeness (QED) is 0.840. The van der Waals surface area contributed by atoms with Crippen LogP contribution in [-0.4, -0.2) is 48.4 Å². The van der Waals surface area contributed by atoms with E-state index in [1.165, 1.54) is 5.56 Å². The van der Waals surface area contributed by atoms with E-state index in [0.29, 0.717) is 11.8 Å². The van der Waals surface area contributed by atoms with Crippen LogP contribution < -0.4 is 5.73 Å². The Labute approximate surface area is 140 Å². The molecule has 128 valence electrons. The molecule has 1 heterocycles. The first-order chi connectivity index (χ1) is 11.0. The fraction of sp³-hybridized carbons (Fsp3) is 0.632. The summed E-state index contributed by atoms with van der Waals surface area (Å²) < 4.78 is 0. The van der Waals surface area contributed by atoms with Gasteiger partial charge in [-0.2, -0.15) is 0 Å². The number of benzene rings is 1. The molecule has 1 aliphatic rings. The molecule has 0 radical (unpaired) electrons. The number of amides is 1. The molecular weight excluding hydrogens is 286 g/mol. The Balaban J connectivity index is 1.77. The molecule has 1 aliphatic heterocycles. The summed E-state index contributed by atoms with van der Waals surface area (Å²) in [6, 6.07) is 10.2. The van der Waals surface area contributed by atoms with E-state index >= 15 is 0 Å². The monoisotopic (exact) mass is 317 g/mol. The molecule has 0 bridgehead atoms. The van der Waals surface area contributed by atoms with Gasteiger partial charge in [-0.3, -0.25) is 9.69 Å². The maximum Gasteiger partial charge on any atom is 0.239 e. The Morgan fingerprint density at radius 1 is 1.35 bits per heavy atom. The Morgan fingerprint density at radius 3 is 2.70 bits per heavy atom. The summed E-state index contributed by atoms with van der Waals surface area (Å²) in [6.45, 7) is 8.19. The third-order valence-corrected chi connectivity index (χ3v) is 4.57. The van der Waals surface area contributed by atoms with Crippen molar-refractivity contribution in [3.8, 4) is 0 Å². The molecule has 23 heavy (non-hydrogen) atoms. The van der Waals surface area contributed by atoms with Gasteiger partial charge in [-0.15, -0.1) is 0 Å². The first-order valence-electron chi connectivity index (χ1n) is 8.72. The van der Waals surface area contributed by atoms with Crippen LogP contribution >= 0.6 is 0 Å². The zero-order chi connectivity index (χ0) is 16.8. The van der Waals surface area contributed by atoms with Crippen molar-refractivity contribution >= 4 is 5.91 Å². The predicted molar refractivity (Wildman–Crippen MR) is 94.9 cm³/mol. The second kappa shape index (κ2) is 8.46. The molecular formula is C19H31N3O. The van der Waals surface area contributed by atoms with Crippen LogP contribution in [0.4, 0.5) is 0 Å². The Kier molecular flexibility index (Phi) is 6.60. The first-order valence-corrected chi connectivity index (χ1v) is 8.72. The van der Waals surface area contributed by atoms with Crippen molar-refractivity contribution in [2.24, 2.45) is 17.6 Å². The lowest BCUT2D eigenvalue weighted by atomic mass is 10.0. The highest BCUT2D eigenvalue weighted by atomic mass is 16.2. The van der Waals surface area contributed by atoms with Gasteiger partial charge >= 0.3 is 0 Å². The number of hydrogen-bond acceptors (Lipinski definition) is 3. The number of likely N-dealkylation sites (tertiary alicyclic amines) is 1. The lowest BCUT2D eigenvalue weighted by Crippen LogP contribution is -2.44. The molecule has 0 spiro atoms. The third-order valence-electron chi connectivity index (χ3n) is 4.57. The zero-order valence-corrected chi connectivity index (χ0v) is 14.7. The highest BCUT2D eigenvalue weighted by molar-refractivity contribution is 5.81. The van der Waals surface area contributed by atoms with Crippen molar-refractivity contribution in [1.29, 1.82) is 0 Å². The van der Waals surface area contributed by atoms with E-state index in [4.69, 9.17) is 5.73 Å². The van der Waals surface area contributed by atoms with Crippen LogP contribution in [0.2, 0.25) is 0 Å². The minimum Gasteiger partial charge on any atom is -0.344 e. The SMILES string of the molecule is CC(C)C[C@H](N)C(=O)N(C)CC1CCN(Cc2ccccc2)C1. The maximum absolute atomic E-state index is 12.3. The van der Waals surface area contributed by atoms with Crippen molar-refractivity contribution in [2.45, 2.75) is 39.3 Å². The van der Waals surface area contributed by atoms with Gasteiger partial charge in [0.05, 0.1) is 6.04 Å². The highest BCUT2D eigenvalue weighted by Crippen LogP contribution is 2.20. The van der Waals surface area contributed by atoms with Crippen LogP contribution in [0.1, 0.15) is 32.3 Å². The van der Waals surface area contributed by atoms with E-state index < -0.39 is 0 Å². The summed E-state index contributed by atoms with van der Waals surface area (Å²) in [5.41, 5.74) is 7.38. The molecule has 1 aromatic carbocycles. The number of nitrogens with two attached hydrogens (primary N) is 1. The van der Waals surface area contributed by atoms with Gasteiger partial charge in [0, 0.05) is 26.7 Å². The van der Waals surface area contributed by atoms with Gasteiger partial charge in [-0.1, -0.05) is 44.2 Å². The number of nitrogens with zero attached hydrogens (tertiary/aromatic N) is 2. The average Bonchev–Trinajstić information content (AvgIpc) is 2.93. The fourth-order valence-corrected chi connectivity index (χ4v) is 3.42. The minimum absolute atomic E-state index is 0.0835. The van der Waals surface area contributed by atoms with Gasteiger partial charge in [-0.25, -0.2) is 0 Å². The van der Waals surface area contributed by atoms with Crippen LogP contribution in [0.3, 0.4) is 0 Å². The van der Waals surface area contributed by atoms with E-state index in [1.807, 2.05) is 11.9 Å². The first kappa shape index (κ1) is 18.0. The molecule has 1 amide bonds. The van der Waals surface area contributed by atoms with E-state index in [-0.39, 0.29) is 11.9 Å². The van der Waals surface area contributed by atoms with Gasteiger partial charge in [-0.05, 0) is 36.8 Å². The van der Waals surface area contributed by atoms with Gasteiger partial charge in [0.25, 0.3) is 0 Å². The molecule has 1 saturated heterocycles. The summed E-state index contributed by atoms with van der Waals surface area (Å²) in [6.07, 6.45) is 1.91. The largest absolute Gasteiger partial charge is 0.344 e. The van der Waals surface area contributed by atoms with Gasteiger partial charge in [0.1, 0.15) is 0 Å². The number of rotatable bonds is 7.